The van der Waals surface area contributed by atoms with Gasteiger partial charge in [-0.2, -0.15) is 0 Å². The average molecular weight is 352 g/mol. The molecule has 0 atom stereocenters. The molecule has 0 N–H and O–H groups in total. The van der Waals surface area contributed by atoms with E-state index in [0.717, 1.165) is 30.7 Å². The molecule has 0 saturated carbocycles. The fraction of sp³-hybridized carbons (Fsp3) is 0.533. The summed E-state index contributed by atoms with van der Waals surface area (Å²) in [5, 5.41) is 0. The third-order valence-electron chi connectivity index (χ3n) is 3.00. The lowest BCUT2D eigenvalue weighted by Crippen LogP contribution is -2.18. The zero-order valence-corrected chi connectivity index (χ0v) is 13.7. The largest absolute Gasteiger partial charge is 0.573 e. The number of hydrogen-bond acceptors (Lipinski definition) is 4. The van der Waals surface area contributed by atoms with Crippen molar-refractivity contribution in [1.82, 2.24) is 0 Å². The summed E-state index contributed by atoms with van der Waals surface area (Å²) in [5.41, 5.74) is 0. The summed E-state index contributed by atoms with van der Waals surface area (Å²) >= 11 is 0. The molecular weight excluding hydrogens is 333 g/mol. The smallest absolute Gasteiger partial charge is 0.406 e. The highest BCUT2D eigenvalue weighted by atomic mass is 32.2. The van der Waals surface area contributed by atoms with E-state index in [-0.39, 0.29) is 11.3 Å². The zero-order valence-electron chi connectivity index (χ0n) is 12.9. The van der Waals surface area contributed by atoms with Crippen molar-refractivity contribution in [1.29, 1.82) is 0 Å². The topological polar surface area (TPSA) is 60.4 Å². The average Bonchev–Trinajstić information content (AvgIpc) is 2.36. The van der Waals surface area contributed by atoms with Gasteiger partial charge in [0.2, 0.25) is 0 Å². The van der Waals surface area contributed by atoms with E-state index in [1.54, 1.807) is 0 Å². The molecule has 0 spiro atoms. The van der Waals surface area contributed by atoms with Gasteiger partial charge in [-0.25, -0.2) is 8.42 Å². The first kappa shape index (κ1) is 19.5. The number of sulfone groups is 1. The van der Waals surface area contributed by atoms with Crippen LogP contribution in [0.5, 0.6) is 5.75 Å². The van der Waals surface area contributed by atoms with Gasteiger partial charge < -0.3 is 4.74 Å². The van der Waals surface area contributed by atoms with Gasteiger partial charge in [-0.1, -0.05) is 20.3 Å². The van der Waals surface area contributed by atoms with Crippen molar-refractivity contribution in [2.24, 2.45) is 5.92 Å². The monoisotopic (exact) mass is 352 g/mol. The number of carbonyl (C=O) groups is 1. The first-order valence-electron chi connectivity index (χ1n) is 7.10. The molecule has 0 heterocycles. The molecule has 0 saturated heterocycles. The van der Waals surface area contributed by atoms with E-state index in [1.807, 2.05) is 13.8 Å². The molecule has 8 heteroatoms. The van der Waals surface area contributed by atoms with E-state index in [0.29, 0.717) is 12.3 Å². The van der Waals surface area contributed by atoms with Crippen LogP contribution in [0.1, 0.15) is 33.1 Å². The van der Waals surface area contributed by atoms with Crippen molar-refractivity contribution in [3.63, 3.8) is 0 Å². The first-order valence-corrected chi connectivity index (χ1v) is 8.75. The number of benzene rings is 1. The molecule has 4 nitrogen and oxygen atoms in total. The Morgan fingerprint density at radius 3 is 2.22 bits per heavy atom. The number of Topliss-reactive ketones (excluding diaryl/α,β-unsaturated/α-hetero) is 1. The van der Waals surface area contributed by atoms with Gasteiger partial charge in [0.1, 0.15) is 17.3 Å². The Morgan fingerprint density at radius 1 is 1.17 bits per heavy atom. The molecule has 1 rings (SSSR count). The Kier molecular flexibility index (Phi) is 6.61. The maximum absolute atomic E-state index is 12.1. The summed E-state index contributed by atoms with van der Waals surface area (Å²) in [6.45, 7) is 4.01. The first-order chi connectivity index (χ1) is 10.5. The van der Waals surface area contributed by atoms with Crippen LogP contribution in [0.3, 0.4) is 0 Å². The quantitative estimate of drug-likeness (QED) is 0.715. The highest BCUT2D eigenvalue weighted by Crippen LogP contribution is 2.24. The molecule has 0 aliphatic rings. The lowest BCUT2D eigenvalue weighted by Gasteiger charge is -2.09. The molecule has 0 radical (unpaired) electrons. The Bertz CT molecular complexity index is 619. The molecule has 0 unspecified atom stereocenters. The molecule has 1 aromatic carbocycles. The van der Waals surface area contributed by atoms with Crippen LogP contribution in [0.25, 0.3) is 0 Å². The second-order valence-electron chi connectivity index (χ2n) is 5.60. The predicted molar refractivity (Wildman–Crippen MR) is 78.9 cm³/mol. The molecule has 0 fully saturated rings. The van der Waals surface area contributed by atoms with E-state index in [2.05, 4.69) is 4.74 Å². The van der Waals surface area contributed by atoms with Crippen LogP contribution in [0.2, 0.25) is 0 Å². The minimum atomic E-state index is -4.84. The van der Waals surface area contributed by atoms with E-state index in [9.17, 15) is 26.4 Å². The molecule has 130 valence electrons. The Morgan fingerprint density at radius 2 is 1.74 bits per heavy atom. The van der Waals surface area contributed by atoms with Gasteiger partial charge in [-0.3, -0.25) is 4.79 Å². The molecule has 0 amide bonds. The van der Waals surface area contributed by atoms with Crippen molar-refractivity contribution in [2.75, 3.05) is 5.75 Å². The van der Waals surface area contributed by atoms with Crippen LogP contribution in [0, 0.1) is 5.92 Å². The normalized spacial score (nSPS) is 12.4. The van der Waals surface area contributed by atoms with Crippen molar-refractivity contribution in [2.45, 2.75) is 44.4 Å². The summed E-state index contributed by atoms with van der Waals surface area (Å²) in [4.78, 5) is 11.5. The van der Waals surface area contributed by atoms with Crippen LogP contribution in [0.15, 0.2) is 29.2 Å². The molecule has 23 heavy (non-hydrogen) atoms. The maximum atomic E-state index is 12.1. The van der Waals surface area contributed by atoms with Crippen molar-refractivity contribution in [3.8, 4) is 5.75 Å². The highest BCUT2D eigenvalue weighted by Gasteiger charge is 2.31. The third kappa shape index (κ3) is 7.49. The molecular formula is C15H19F3O4S. The number of alkyl halides is 3. The van der Waals surface area contributed by atoms with Crippen LogP contribution in [-0.4, -0.2) is 26.3 Å². The second-order valence-corrected chi connectivity index (χ2v) is 7.59. The van der Waals surface area contributed by atoms with Gasteiger partial charge in [0.05, 0.1) is 4.90 Å². The number of rotatable bonds is 8. The Balaban J connectivity index is 2.67. The summed E-state index contributed by atoms with van der Waals surface area (Å²) in [6.07, 6.45) is -3.22. The lowest BCUT2D eigenvalue weighted by atomic mass is 10.1. The van der Waals surface area contributed by atoms with Gasteiger partial charge in [-0.05, 0) is 36.6 Å². The highest BCUT2D eigenvalue weighted by molar-refractivity contribution is 7.92. The van der Waals surface area contributed by atoms with Gasteiger partial charge in [-0.15, -0.1) is 13.2 Å². The fourth-order valence-electron chi connectivity index (χ4n) is 1.92. The summed E-state index contributed by atoms with van der Waals surface area (Å²) in [6, 6.07) is 3.81. The van der Waals surface area contributed by atoms with Crippen LogP contribution in [-0.2, 0) is 14.6 Å². The second kappa shape index (κ2) is 7.81. The molecule has 0 aliphatic heterocycles. The summed E-state index contributed by atoms with van der Waals surface area (Å²) in [5.74, 6) is -1.13. The molecule has 0 bridgehead atoms. The number of carbonyl (C=O) groups excluding carboxylic acids is 1. The fourth-order valence-corrected chi connectivity index (χ4v) is 3.21. The number of ether oxygens (including phenoxy) is 1. The third-order valence-corrected chi connectivity index (χ3v) is 4.70. The molecule has 0 aliphatic carbocycles. The van der Waals surface area contributed by atoms with Crippen LogP contribution in [0.4, 0.5) is 13.2 Å². The molecule has 1 aromatic rings. The number of halogens is 3. The standard InChI is InChI=1S/C15H19F3O4S/c1-11(2)4-3-5-12(19)10-23(20,21)14-8-6-13(7-9-14)22-15(16,17)18/h6-9,11H,3-5,10H2,1-2H3. The number of hydrogen-bond donors (Lipinski definition) is 0. The SMILES string of the molecule is CC(C)CCCC(=O)CS(=O)(=O)c1ccc(OC(F)(F)F)cc1. The van der Waals surface area contributed by atoms with E-state index >= 15 is 0 Å². The Labute approximate surface area is 133 Å². The summed E-state index contributed by atoms with van der Waals surface area (Å²) in [7, 11) is -3.86. The van der Waals surface area contributed by atoms with E-state index in [1.165, 1.54) is 0 Å². The van der Waals surface area contributed by atoms with Gasteiger partial charge in [0, 0.05) is 6.42 Å². The van der Waals surface area contributed by atoms with Gasteiger partial charge >= 0.3 is 6.36 Å². The minimum absolute atomic E-state index is 0.173. The van der Waals surface area contributed by atoms with Gasteiger partial charge in [0.25, 0.3) is 0 Å². The number of ketones is 1. The van der Waals surface area contributed by atoms with Crippen molar-refractivity contribution < 1.29 is 31.1 Å². The van der Waals surface area contributed by atoms with Crippen LogP contribution >= 0.6 is 0 Å². The van der Waals surface area contributed by atoms with Crippen LogP contribution < -0.4 is 4.74 Å². The van der Waals surface area contributed by atoms with E-state index in [4.69, 9.17) is 0 Å². The van der Waals surface area contributed by atoms with E-state index < -0.39 is 33.5 Å². The zero-order chi connectivity index (χ0) is 17.7. The molecule has 0 aromatic heterocycles. The van der Waals surface area contributed by atoms with Crippen molar-refractivity contribution >= 4 is 15.6 Å². The van der Waals surface area contributed by atoms with Gasteiger partial charge in [0.15, 0.2) is 9.84 Å². The minimum Gasteiger partial charge on any atom is -0.406 e. The predicted octanol–water partition coefficient (Wildman–Crippen LogP) is 3.75. The summed E-state index contributed by atoms with van der Waals surface area (Å²) < 4.78 is 63.9. The van der Waals surface area contributed by atoms with Crippen molar-refractivity contribution in [3.05, 3.63) is 24.3 Å². The lowest BCUT2D eigenvalue weighted by molar-refractivity contribution is -0.274. The Hall–Kier alpha value is -1.57. The maximum Gasteiger partial charge on any atom is 0.573 e.